The van der Waals surface area contributed by atoms with Crippen molar-refractivity contribution < 1.29 is 9.53 Å². The number of nitrogens with one attached hydrogen (secondary N) is 1. The fraction of sp³-hybridized carbons (Fsp3) is 0.412. The fourth-order valence-electron chi connectivity index (χ4n) is 2.52. The molecular weight excluding hydrogens is 346 g/mol. The van der Waals surface area contributed by atoms with Crippen LogP contribution in [0.4, 0.5) is 0 Å². The number of carbonyl (C=O) groups excluding carboxylic acids is 1. The molecule has 0 unspecified atom stereocenters. The van der Waals surface area contributed by atoms with E-state index in [2.05, 4.69) is 20.6 Å². The molecule has 0 aliphatic carbocycles. The van der Waals surface area contributed by atoms with E-state index in [1.807, 2.05) is 12.1 Å². The lowest BCUT2D eigenvalue weighted by Crippen LogP contribution is -2.35. The maximum absolute atomic E-state index is 12.0. The first-order chi connectivity index (χ1) is 11.7. The standard InChI is InChI=1S/C17H20ClN3O2S/c18-14-3-1-13(2-4-14)9-16(22)19-10-17-20-15(12-24-17)11-21-5-7-23-8-6-21/h1-4,12H,5-11H2,(H,19,22). The summed E-state index contributed by atoms with van der Waals surface area (Å²) in [6.45, 7) is 4.80. The van der Waals surface area contributed by atoms with Crippen molar-refractivity contribution in [2.45, 2.75) is 19.5 Å². The summed E-state index contributed by atoms with van der Waals surface area (Å²) < 4.78 is 5.35. The summed E-state index contributed by atoms with van der Waals surface area (Å²) in [6, 6.07) is 7.32. The molecule has 1 aliphatic heterocycles. The SMILES string of the molecule is O=C(Cc1ccc(Cl)cc1)NCc1nc(CN2CCOCC2)cs1. The molecule has 128 valence electrons. The quantitative estimate of drug-likeness (QED) is 0.854. The summed E-state index contributed by atoms with van der Waals surface area (Å²) in [6.07, 6.45) is 0.350. The number of aromatic nitrogens is 1. The third-order valence-electron chi connectivity index (χ3n) is 3.80. The summed E-state index contributed by atoms with van der Waals surface area (Å²) in [5.41, 5.74) is 2.01. The molecule has 2 aromatic rings. The first kappa shape index (κ1) is 17.4. The summed E-state index contributed by atoms with van der Waals surface area (Å²) in [7, 11) is 0. The molecule has 0 bridgehead atoms. The van der Waals surface area contributed by atoms with Gasteiger partial charge in [-0.2, -0.15) is 0 Å². The second kappa shape index (κ2) is 8.58. The largest absolute Gasteiger partial charge is 0.379 e. The van der Waals surface area contributed by atoms with Gasteiger partial charge in [0.15, 0.2) is 0 Å². The highest BCUT2D eigenvalue weighted by Crippen LogP contribution is 2.13. The summed E-state index contributed by atoms with van der Waals surface area (Å²) in [5.74, 6) is -0.0118. The number of rotatable bonds is 6. The molecule has 1 saturated heterocycles. The Balaban J connectivity index is 1.44. The topological polar surface area (TPSA) is 54.5 Å². The van der Waals surface area contributed by atoms with E-state index >= 15 is 0 Å². The molecule has 0 atom stereocenters. The average molecular weight is 366 g/mol. The van der Waals surface area contributed by atoms with E-state index in [9.17, 15) is 4.79 Å². The molecule has 1 N–H and O–H groups in total. The molecule has 1 aromatic heterocycles. The molecule has 3 rings (SSSR count). The number of nitrogens with zero attached hydrogens (tertiary/aromatic N) is 2. The number of benzene rings is 1. The molecule has 5 nitrogen and oxygen atoms in total. The maximum Gasteiger partial charge on any atom is 0.224 e. The second-order valence-corrected chi connectivity index (χ2v) is 7.08. The molecule has 0 saturated carbocycles. The number of amides is 1. The van der Waals surface area contributed by atoms with Gasteiger partial charge in [0.05, 0.1) is 31.9 Å². The van der Waals surface area contributed by atoms with Crippen molar-refractivity contribution in [3.8, 4) is 0 Å². The highest BCUT2D eigenvalue weighted by atomic mass is 35.5. The van der Waals surface area contributed by atoms with Gasteiger partial charge in [0.25, 0.3) is 0 Å². The van der Waals surface area contributed by atoms with Gasteiger partial charge in [-0.25, -0.2) is 4.98 Å². The van der Waals surface area contributed by atoms with Gasteiger partial charge < -0.3 is 10.1 Å². The monoisotopic (exact) mass is 365 g/mol. The van der Waals surface area contributed by atoms with Crippen molar-refractivity contribution in [1.82, 2.24) is 15.2 Å². The lowest BCUT2D eigenvalue weighted by molar-refractivity contribution is -0.120. The van der Waals surface area contributed by atoms with E-state index in [0.29, 0.717) is 18.0 Å². The molecular formula is C17H20ClN3O2S. The Kier molecular flexibility index (Phi) is 6.20. The number of hydrogen-bond donors (Lipinski definition) is 1. The van der Waals surface area contributed by atoms with Gasteiger partial charge in [0.1, 0.15) is 5.01 Å². The Morgan fingerprint density at radius 2 is 2.04 bits per heavy atom. The lowest BCUT2D eigenvalue weighted by atomic mass is 10.1. The van der Waals surface area contributed by atoms with E-state index < -0.39 is 0 Å². The van der Waals surface area contributed by atoms with Crippen molar-refractivity contribution in [3.63, 3.8) is 0 Å². The number of hydrogen-bond acceptors (Lipinski definition) is 5. The van der Waals surface area contributed by atoms with Crippen LogP contribution < -0.4 is 5.32 Å². The van der Waals surface area contributed by atoms with Crippen LogP contribution in [0.2, 0.25) is 5.02 Å². The zero-order valence-electron chi connectivity index (χ0n) is 13.3. The molecule has 7 heteroatoms. The number of thiazole rings is 1. The highest BCUT2D eigenvalue weighted by Gasteiger charge is 2.13. The minimum Gasteiger partial charge on any atom is -0.379 e. The van der Waals surface area contributed by atoms with Crippen molar-refractivity contribution >= 4 is 28.8 Å². The maximum atomic E-state index is 12.0. The Bertz CT molecular complexity index is 669. The smallest absolute Gasteiger partial charge is 0.224 e. The predicted octanol–water partition coefficient (Wildman–Crippen LogP) is 2.49. The van der Waals surface area contributed by atoms with Gasteiger partial charge in [0, 0.05) is 30.0 Å². The highest BCUT2D eigenvalue weighted by molar-refractivity contribution is 7.09. The Hall–Kier alpha value is -1.47. The van der Waals surface area contributed by atoms with Gasteiger partial charge in [-0.15, -0.1) is 11.3 Å². The van der Waals surface area contributed by atoms with Crippen molar-refractivity contribution in [1.29, 1.82) is 0 Å². The molecule has 1 aromatic carbocycles. The third kappa shape index (κ3) is 5.27. The van der Waals surface area contributed by atoms with Crippen molar-refractivity contribution in [2.75, 3.05) is 26.3 Å². The fourth-order valence-corrected chi connectivity index (χ4v) is 3.37. The molecule has 2 heterocycles. The minimum atomic E-state index is -0.0118. The zero-order valence-corrected chi connectivity index (χ0v) is 14.9. The molecule has 1 fully saturated rings. The van der Waals surface area contributed by atoms with Crippen LogP contribution in [0.3, 0.4) is 0 Å². The molecule has 24 heavy (non-hydrogen) atoms. The van der Waals surface area contributed by atoms with E-state index in [1.165, 1.54) is 0 Å². The van der Waals surface area contributed by atoms with E-state index in [4.69, 9.17) is 16.3 Å². The number of halogens is 1. The Labute approximate surface area is 150 Å². The molecule has 0 radical (unpaired) electrons. The third-order valence-corrected chi connectivity index (χ3v) is 4.95. The van der Waals surface area contributed by atoms with Crippen molar-refractivity contribution in [2.24, 2.45) is 0 Å². The number of morpholine rings is 1. The van der Waals surface area contributed by atoms with Gasteiger partial charge in [0.2, 0.25) is 5.91 Å². The number of ether oxygens (including phenoxy) is 1. The van der Waals surface area contributed by atoms with Crippen LogP contribution in [0.5, 0.6) is 0 Å². The number of carbonyl (C=O) groups is 1. The predicted molar refractivity (Wildman–Crippen MR) is 95.2 cm³/mol. The van der Waals surface area contributed by atoms with Crippen LogP contribution >= 0.6 is 22.9 Å². The zero-order chi connectivity index (χ0) is 16.8. The molecule has 0 spiro atoms. The van der Waals surface area contributed by atoms with Crippen LogP contribution in [0.25, 0.3) is 0 Å². The van der Waals surface area contributed by atoms with Crippen LogP contribution in [0, 0.1) is 0 Å². The lowest BCUT2D eigenvalue weighted by Gasteiger charge is -2.25. The average Bonchev–Trinajstić information content (AvgIpc) is 3.03. The van der Waals surface area contributed by atoms with Gasteiger partial charge in [-0.1, -0.05) is 23.7 Å². The van der Waals surface area contributed by atoms with Crippen LogP contribution in [-0.2, 0) is 29.0 Å². The van der Waals surface area contributed by atoms with Crippen LogP contribution in [0.15, 0.2) is 29.6 Å². The van der Waals surface area contributed by atoms with Crippen LogP contribution in [0.1, 0.15) is 16.3 Å². The summed E-state index contributed by atoms with van der Waals surface area (Å²) >= 11 is 7.43. The van der Waals surface area contributed by atoms with Gasteiger partial charge in [-0.3, -0.25) is 9.69 Å². The first-order valence-electron chi connectivity index (χ1n) is 7.93. The van der Waals surface area contributed by atoms with E-state index in [0.717, 1.165) is 49.1 Å². The summed E-state index contributed by atoms with van der Waals surface area (Å²) in [5, 5.41) is 6.60. The minimum absolute atomic E-state index is 0.0118. The Morgan fingerprint density at radius 3 is 2.79 bits per heavy atom. The first-order valence-corrected chi connectivity index (χ1v) is 9.19. The normalized spacial score (nSPS) is 15.4. The Morgan fingerprint density at radius 1 is 1.29 bits per heavy atom. The van der Waals surface area contributed by atoms with Crippen LogP contribution in [-0.4, -0.2) is 42.1 Å². The second-order valence-electron chi connectivity index (χ2n) is 5.70. The molecule has 1 amide bonds. The van der Waals surface area contributed by atoms with Crippen molar-refractivity contribution in [3.05, 3.63) is 50.9 Å². The summed E-state index contributed by atoms with van der Waals surface area (Å²) in [4.78, 5) is 18.9. The van der Waals surface area contributed by atoms with E-state index in [1.54, 1.807) is 23.5 Å². The molecule has 1 aliphatic rings. The van der Waals surface area contributed by atoms with E-state index in [-0.39, 0.29) is 5.91 Å². The van der Waals surface area contributed by atoms with Gasteiger partial charge >= 0.3 is 0 Å². The van der Waals surface area contributed by atoms with Gasteiger partial charge in [-0.05, 0) is 17.7 Å².